The predicted octanol–water partition coefficient (Wildman–Crippen LogP) is 4.29. The number of hydrogen-bond acceptors (Lipinski definition) is 2. The van der Waals surface area contributed by atoms with Crippen molar-refractivity contribution in [3.05, 3.63) is 83.4 Å². The topological polar surface area (TPSA) is 42.2 Å². The minimum Gasteiger partial charge on any atom is -0.459 e. The van der Waals surface area contributed by atoms with E-state index in [1.807, 2.05) is 0 Å². The number of amides is 1. The van der Waals surface area contributed by atoms with Crippen molar-refractivity contribution in [2.45, 2.75) is 6.54 Å². The van der Waals surface area contributed by atoms with Gasteiger partial charge in [0.15, 0.2) is 0 Å². The van der Waals surface area contributed by atoms with Gasteiger partial charge in [0, 0.05) is 5.56 Å². The Labute approximate surface area is 135 Å². The van der Waals surface area contributed by atoms with Gasteiger partial charge >= 0.3 is 0 Å². The van der Waals surface area contributed by atoms with Crippen LogP contribution in [0.5, 0.6) is 0 Å². The number of nitrogens with one attached hydrogen (secondary N) is 1. The van der Waals surface area contributed by atoms with Crippen molar-refractivity contribution in [1.29, 1.82) is 0 Å². The van der Waals surface area contributed by atoms with Gasteiger partial charge in [-0.15, -0.1) is 0 Å². The van der Waals surface area contributed by atoms with Crippen molar-refractivity contribution in [3.63, 3.8) is 0 Å². The van der Waals surface area contributed by atoms with Gasteiger partial charge in [-0.3, -0.25) is 4.79 Å². The van der Waals surface area contributed by atoms with E-state index in [-0.39, 0.29) is 17.9 Å². The Hall–Kier alpha value is -3.02. The zero-order valence-electron chi connectivity index (χ0n) is 12.4. The Morgan fingerprint density at radius 3 is 2.38 bits per heavy atom. The lowest BCUT2D eigenvalue weighted by atomic mass is 10.2. The van der Waals surface area contributed by atoms with Gasteiger partial charge in [-0.25, -0.2) is 13.2 Å². The van der Waals surface area contributed by atoms with E-state index in [4.69, 9.17) is 4.42 Å². The van der Waals surface area contributed by atoms with Gasteiger partial charge in [-0.1, -0.05) is 0 Å². The molecule has 1 N–H and O–H groups in total. The van der Waals surface area contributed by atoms with Crippen molar-refractivity contribution in [3.8, 4) is 11.3 Å². The molecule has 0 aliphatic rings. The molecular weight excluding hydrogens is 319 g/mol. The number of carbonyl (C=O) groups is 1. The van der Waals surface area contributed by atoms with Crippen molar-refractivity contribution >= 4 is 5.91 Å². The molecule has 1 amide bonds. The molecule has 0 atom stereocenters. The van der Waals surface area contributed by atoms with Crippen molar-refractivity contribution in [1.82, 2.24) is 5.32 Å². The second-order valence-electron chi connectivity index (χ2n) is 5.08. The van der Waals surface area contributed by atoms with Crippen molar-refractivity contribution in [2.24, 2.45) is 0 Å². The highest BCUT2D eigenvalue weighted by Gasteiger charge is 2.13. The summed E-state index contributed by atoms with van der Waals surface area (Å²) in [5.74, 6) is -1.66. The lowest BCUT2D eigenvalue weighted by Gasteiger charge is -2.05. The van der Waals surface area contributed by atoms with E-state index in [0.29, 0.717) is 17.1 Å². The Morgan fingerprint density at radius 2 is 1.62 bits per heavy atom. The standard InChI is InChI=1S/C18H12F3NO2/c19-12-3-1-11(2-4-12)17-8-6-14(24-17)10-22-18(23)15-9-13(20)5-7-16(15)21/h1-9H,10H2,(H,22,23). The van der Waals surface area contributed by atoms with Crippen LogP contribution in [0.4, 0.5) is 13.2 Å². The highest BCUT2D eigenvalue weighted by atomic mass is 19.1. The number of rotatable bonds is 4. The van der Waals surface area contributed by atoms with E-state index in [1.165, 1.54) is 12.1 Å². The van der Waals surface area contributed by atoms with Gasteiger partial charge in [0.2, 0.25) is 0 Å². The minimum atomic E-state index is -0.805. The number of benzene rings is 2. The number of halogens is 3. The fourth-order valence-electron chi connectivity index (χ4n) is 2.18. The largest absolute Gasteiger partial charge is 0.459 e. The quantitative estimate of drug-likeness (QED) is 0.775. The fourth-order valence-corrected chi connectivity index (χ4v) is 2.18. The molecule has 0 radical (unpaired) electrons. The van der Waals surface area contributed by atoms with E-state index in [0.717, 1.165) is 18.2 Å². The maximum atomic E-state index is 13.5. The highest BCUT2D eigenvalue weighted by Crippen LogP contribution is 2.22. The summed E-state index contributed by atoms with van der Waals surface area (Å²) in [7, 11) is 0. The number of furan rings is 1. The van der Waals surface area contributed by atoms with Crippen LogP contribution < -0.4 is 5.32 Å². The average molecular weight is 331 g/mol. The average Bonchev–Trinajstić information content (AvgIpc) is 3.04. The first-order chi connectivity index (χ1) is 11.5. The summed E-state index contributed by atoms with van der Waals surface area (Å²) in [4.78, 5) is 11.9. The molecule has 0 fully saturated rings. The van der Waals surface area contributed by atoms with Gasteiger partial charge in [0.05, 0.1) is 12.1 Å². The van der Waals surface area contributed by atoms with E-state index in [9.17, 15) is 18.0 Å². The molecular formula is C18H12F3NO2. The Morgan fingerprint density at radius 1 is 0.917 bits per heavy atom. The maximum Gasteiger partial charge on any atom is 0.254 e. The summed E-state index contributed by atoms with van der Waals surface area (Å²) in [6, 6.07) is 11.7. The first-order valence-corrected chi connectivity index (χ1v) is 7.11. The Balaban J connectivity index is 1.68. The van der Waals surface area contributed by atoms with Gasteiger partial charge in [-0.05, 0) is 54.6 Å². The van der Waals surface area contributed by atoms with Crippen LogP contribution in [-0.2, 0) is 6.54 Å². The van der Waals surface area contributed by atoms with Crippen LogP contribution in [-0.4, -0.2) is 5.91 Å². The summed E-state index contributed by atoms with van der Waals surface area (Å²) in [5.41, 5.74) is 0.311. The molecule has 0 aliphatic carbocycles. The monoisotopic (exact) mass is 331 g/mol. The molecule has 6 heteroatoms. The van der Waals surface area contributed by atoms with Crippen LogP contribution in [0.2, 0.25) is 0 Å². The summed E-state index contributed by atoms with van der Waals surface area (Å²) >= 11 is 0. The lowest BCUT2D eigenvalue weighted by Crippen LogP contribution is -2.23. The Kier molecular flexibility index (Phi) is 4.37. The van der Waals surface area contributed by atoms with Crippen molar-refractivity contribution < 1.29 is 22.4 Å². The molecule has 0 bridgehead atoms. The fraction of sp³-hybridized carbons (Fsp3) is 0.0556. The summed E-state index contributed by atoms with van der Waals surface area (Å²) in [5, 5.41) is 2.46. The summed E-state index contributed by atoms with van der Waals surface area (Å²) in [6.45, 7) is 0.00990. The molecule has 3 nitrogen and oxygen atoms in total. The van der Waals surface area contributed by atoms with E-state index >= 15 is 0 Å². The molecule has 0 aliphatic heterocycles. The van der Waals surface area contributed by atoms with E-state index < -0.39 is 17.5 Å². The Bertz CT molecular complexity index is 872. The molecule has 0 saturated carbocycles. The number of carbonyl (C=O) groups excluding carboxylic acids is 1. The van der Waals surface area contributed by atoms with Gasteiger partial charge in [0.1, 0.15) is 29.0 Å². The van der Waals surface area contributed by atoms with Crippen LogP contribution in [0.3, 0.4) is 0 Å². The second-order valence-corrected chi connectivity index (χ2v) is 5.08. The van der Waals surface area contributed by atoms with Crippen LogP contribution in [0.15, 0.2) is 59.0 Å². The molecule has 2 aromatic carbocycles. The summed E-state index contributed by atoms with van der Waals surface area (Å²) < 4.78 is 45.1. The molecule has 0 spiro atoms. The molecule has 1 aromatic heterocycles. The predicted molar refractivity (Wildman–Crippen MR) is 81.6 cm³/mol. The first kappa shape index (κ1) is 15.9. The van der Waals surface area contributed by atoms with Crippen LogP contribution in [0, 0.1) is 17.5 Å². The SMILES string of the molecule is O=C(NCc1ccc(-c2ccc(F)cc2)o1)c1cc(F)ccc1F. The van der Waals surface area contributed by atoms with Gasteiger partial charge < -0.3 is 9.73 Å². The number of hydrogen-bond donors (Lipinski definition) is 1. The third-order valence-corrected chi connectivity index (χ3v) is 3.39. The van der Waals surface area contributed by atoms with Crippen LogP contribution >= 0.6 is 0 Å². The summed E-state index contributed by atoms with van der Waals surface area (Å²) in [6.07, 6.45) is 0. The smallest absolute Gasteiger partial charge is 0.254 e. The molecule has 24 heavy (non-hydrogen) atoms. The van der Waals surface area contributed by atoms with E-state index in [2.05, 4.69) is 5.32 Å². The van der Waals surface area contributed by atoms with Gasteiger partial charge in [-0.2, -0.15) is 0 Å². The molecule has 3 rings (SSSR count). The molecule has 0 unspecified atom stereocenters. The zero-order valence-corrected chi connectivity index (χ0v) is 12.4. The first-order valence-electron chi connectivity index (χ1n) is 7.11. The van der Waals surface area contributed by atoms with Crippen LogP contribution in [0.25, 0.3) is 11.3 Å². The van der Waals surface area contributed by atoms with Crippen molar-refractivity contribution in [2.75, 3.05) is 0 Å². The minimum absolute atomic E-state index is 0.00990. The molecule has 122 valence electrons. The molecule has 3 aromatic rings. The molecule has 0 saturated heterocycles. The highest BCUT2D eigenvalue weighted by molar-refractivity contribution is 5.94. The van der Waals surface area contributed by atoms with Gasteiger partial charge in [0.25, 0.3) is 5.91 Å². The third-order valence-electron chi connectivity index (χ3n) is 3.39. The zero-order chi connectivity index (χ0) is 17.1. The lowest BCUT2D eigenvalue weighted by molar-refractivity contribution is 0.0943. The molecule has 1 heterocycles. The third kappa shape index (κ3) is 3.48. The van der Waals surface area contributed by atoms with Crippen LogP contribution in [0.1, 0.15) is 16.1 Å². The van der Waals surface area contributed by atoms with E-state index in [1.54, 1.807) is 24.3 Å². The normalized spacial score (nSPS) is 10.6. The second kappa shape index (κ2) is 6.62. The maximum absolute atomic E-state index is 13.5.